The Kier molecular flexibility index (Phi) is 4.86. The van der Waals surface area contributed by atoms with E-state index < -0.39 is 23.9 Å². The summed E-state index contributed by atoms with van der Waals surface area (Å²) < 4.78 is 1.48. The summed E-state index contributed by atoms with van der Waals surface area (Å²) >= 11 is 0. The fourth-order valence-corrected chi connectivity index (χ4v) is 1.34. The van der Waals surface area contributed by atoms with Crippen molar-refractivity contribution in [1.82, 2.24) is 15.1 Å². The van der Waals surface area contributed by atoms with Crippen LogP contribution >= 0.6 is 0 Å². The average molecular weight is 269 g/mol. The van der Waals surface area contributed by atoms with Gasteiger partial charge in [0.15, 0.2) is 5.82 Å². The van der Waals surface area contributed by atoms with Crippen molar-refractivity contribution in [3.8, 4) is 0 Å². The zero-order valence-corrected chi connectivity index (χ0v) is 10.3. The normalized spacial score (nSPS) is 11.6. The van der Waals surface area contributed by atoms with Crippen molar-refractivity contribution in [1.29, 1.82) is 0 Å². The Morgan fingerprint density at radius 3 is 2.68 bits per heavy atom. The number of nitrogens with one attached hydrogen (secondary N) is 2. The molecule has 9 heteroatoms. The molecular formula is C10H15N5O4. The first-order valence-electron chi connectivity index (χ1n) is 5.46. The van der Waals surface area contributed by atoms with E-state index in [4.69, 9.17) is 10.8 Å². The zero-order chi connectivity index (χ0) is 14.4. The Balaban J connectivity index is 2.51. The molecule has 5 N–H and O–H groups in total. The molecule has 104 valence electrons. The fraction of sp³-hybridized carbons (Fsp3) is 0.400. The minimum atomic E-state index is -1.24. The van der Waals surface area contributed by atoms with Gasteiger partial charge in [0.2, 0.25) is 5.91 Å². The molecular weight excluding hydrogens is 254 g/mol. The van der Waals surface area contributed by atoms with Gasteiger partial charge in [-0.05, 0) is 6.42 Å². The molecule has 0 bridgehead atoms. The second-order valence-corrected chi connectivity index (χ2v) is 3.87. The predicted molar refractivity (Wildman–Crippen MR) is 65.2 cm³/mol. The summed E-state index contributed by atoms with van der Waals surface area (Å²) in [5.41, 5.74) is 4.93. The van der Waals surface area contributed by atoms with Gasteiger partial charge < -0.3 is 16.2 Å². The molecule has 3 amide bonds. The Labute approximate surface area is 108 Å². The largest absolute Gasteiger partial charge is 0.480 e. The van der Waals surface area contributed by atoms with Crippen molar-refractivity contribution in [3.05, 3.63) is 12.3 Å². The molecule has 1 aromatic heterocycles. The van der Waals surface area contributed by atoms with Crippen LogP contribution in [0.2, 0.25) is 0 Å². The molecule has 0 unspecified atom stereocenters. The van der Waals surface area contributed by atoms with Crippen molar-refractivity contribution in [2.24, 2.45) is 12.8 Å². The Morgan fingerprint density at radius 1 is 1.53 bits per heavy atom. The smallest absolute Gasteiger partial charge is 0.326 e. The minimum absolute atomic E-state index is 0.0691. The van der Waals surface area contributed by atoms with E-state index in [2.05, 4.69) is 15.7 Å². The number of carbonyl (C=O) groups is 3. The summed E-state index contributed by atoms with van der Waals surface area (Å²) in [6.45, 7) is 0. The highest BCUT2D eigenvalue weighted by Crippen LogP contribution is 2.02. The Bertz CT molecular complexity index is 484. The summed E-state index contributed by atoms with van der Waals surface area (Å²) in [5, 5.41) is 17.4. The van der Waals surface area contributed by atoms with Crippen LogP contribution in [0.5, 0.6) is 0 Å². The monoisotopic (exact) mass is 269 g/mol. The maximum absolute atomic E-state index is 11.5. The van der Waals surface area contributed by atoms with E-state index >= 15 is 0 Å². The lowest BCUT2D eigenvalue weighted by molar-refractivity contribution is -0.139. The van der Waals surface area contributed by atoms with E-state index in [0.29, 0.717) is 5.82 Å². The molecule has 9 nitrogen and oxygen atoms in total. The van der Waals surface area contributed by atoms with Gasteiger partial charge >= 0.3 is 12.0 Å². The van der Waals surface area contributed by atoms with E-state index in [1.54, 1.807) is 19.3 Å². The number of anilines is 1. The van der Waals surface area contributed by atoms with E-state index in [1.165, 1.54) is 4.68 Å². The van der Waals surface area contributed by atoms with Gasteiger partial charge in [0.05, 0.1) is 0 Å². The molecule has 0 fully saturated rings. The highest BCUT2D eigenvalue weighted by atomic mass is 16.4. The lowest BCUT2D eigenvalue weighted by Gasteiger charge is -2.13. The number of amides is 3. The van der Waals surface area contributed by atoms with Crippen LogP contribution in [-0.4, -0.2) is 38.8 Å². The number of aliphatic carboxylic acids is 1. The minimum Gasteiger partial charge on any atom is -0.480 e. The molecule has 1 aromatic rings. The van der Waals surface area contributed by atoms with E-state index in [-0.39, 0.29) is 12.8 Å². The van der Waals surface area contributed by atoms with Crippen LogP contribution in [0.1, 0.15) is 12.8 Å². The van der Waals surface area contributed by atoms with Crippen molar-refractivity contribution < 1.29 is 19.5 Å². The molecule has 0 aliphatic rings. The van der Waals surface area contributed by atoms with Crippen LogP contribution in [0, 0.1) is 0 Å². The number of nitrogens with zero attached hydrogens (tertiary/aromatic N) is 2. The Morgan fingerprint density at radius 2 is 2.21 bits per heavy atom. The lowest BCUT2D eigenvalue weighted by atomic mass is 10.1. The van der Waals surface area contributed by atoms with Gasteiger partial charge in [0, 0.05) is 25.7 Å². The summed E-state index contributed by atoms with van der Waals surface area (Å²) in [7, 11) is 1.68. The molecule has 1 rings (SSSR count). The van der Waals surface area contributed by atoms with Crippen LogP contribution in [0.25, 0.3) is 0 Å². The summed E-state index contributed by atoms with van der Waals surface area (Å²) in [4.78, 5) is 33.0. The number of carboxylic acid groups (broad SMARTS) is 1. The number of aromatic nitrogens is 2. The standard InChI is InChI=1S/C10H15N5O4/c1-15-5-4-8(14-15)13-10(19)12-6(9(17)18)2-3-7(11)16/h4-6H,2-3H2,1H3,(H2,11,16)(H,17,18)(H2,12,13,14,19)/t6-/m0/s1. The molecule has 19 heavy (non-hydrogen) atoms. The molecule has 1 atom stereocenters. The first kappa shape index (κ1) is 14.5. The SMILES string of the molecule is Cn1ccc(NC(=O)N[C@@H](CCC(N)=O)C(=O)O)n1. The quantitative estimate of drug-likeness (QED) is 0.538. The summed E-state index contributed by atoms with van der Waals surface area (Å²) in [5.74, 6) is -1.57. The van der Waals surface area contributed by atoms with E-state index in [0.717, 1.165) is 0 Å². The topological polar surface area (TPSA) is 139 Å². The molecule has 0 saturated heterocycles. The molecule has 0 aliphatic heterocycles. The fourth-order valence-electron chi connectivity index (χ4n) is 1.34. The molecule has 0 aliphatic carbocycles. The van der Waals surface area contributed by atoms with Crippen molar-refractivity contribution in [2.45, 2.75) is 18.9 Å². The molecule has 0 radical (unpaired) electrons. The number of rotatable bonds is 6. The molecule has 1 heterocycles. The molecule has 0 spiro atoms. The van der Waals surface area contributed by atoms with Crippen LogP contribution in [0.3, 0.4) is 0 Å². The average Bonchev–Trinajstić information content (AvgIpc) is 2.69. The summed E-state index contributed by atoms with van der Waals surface area (Å²) in [6, 6.07) is -0.342. The van der Waals surface area contributed by atoms with E-state index in [1.807, 2.05) is 0 Å². The van der Waals surface area contributed by atoms with Crippen LogP contribution in [0.15, 0.2) is 12.3 Å². The number of carboxylic acids is 1. The molecule has 0 saturated carbocycles. The van der Waals surface area contributed by atoms with Gasteiger partial charge in [0.1, 0.15) is 6.04 Å². The van der Waals surface area contributed by atoms with Gasteiger partial charge in [-0.15, -0.1) is 0 Å². The van der Waals surface area contributed by atoms with Gasteiger partial charge in [-0.1, -0.05) is 0 Å². The number of primary amides is 1. The number of urea groups is 1. The third kappa shape index (κ3) is 5.06. The van der Waals surface area contributed by atoms with E-state index in [9.17, 15) is 14.4 Å². The summed E-state index contributed by atoms with van der Waals surface area (Å²) in [6.07, 6.45) is 1.43. The molecule has 0 aromatic carbocycles. The first-order chi connectivity index (χ1) is 8.88. The van der Waals surface area contributed by atoms with Crippen molar-refractivity contribution in [2.75, 3.05) is 5.32 Å². The maximum Gasteiger partial charge on any atom is 0.326 e. The van der Waals surface area contributed by atoms with Gasteiger partial charge in [-0.25, -0.2) is 9.59 Å². The second kappa shape index (κ2) is 6.38. The number of hydrogen-bond donors (Lipinski definition) is 4. The van der Waals surface area contributed by atoms with Gasteiger partial charge in [0.25, 0.3) is 0 Å². The third-order valence-electron chi connectivity index (χ3n) is 2.24. The lowest BCUT2D eigenvalue weighted by Crippen LogP contribution is -2.43. The van der Waals surface area contributed by atoms with Crippen molar-refractivity contribution >= 4 is 23.7 Å². The predicted octanol–water partition coefficient (Wildman–Crippen LogP) is -0.740. The van der Waals surface area contributed by atoms with Crippen molar-refractivity contribution in [3.63, 3.8) is 0 Å². The van der Waals surface area contributed by atoms with Crippen LogP contribution < -0.4 is 16.4 Å². The number of nitrogens with two attached hydrogens (primary N) is 1. The third-order valence-corrected chi connectivity index (χ3v) is 2.24. The highest BCUT2D eigenvalue weighted by molar-refractivity contribution is 5.91. The van der Waals surface area contributed by atoms with Gasteiger partial charge in [-0.3, -0.25) is 14.8 Å². The number of aryl methyl sites for hydroxylation is 1. The second-order valence-electron chi connectivity index (χ2n) is 3.87. The Hall–Kier alpha value is -2.58. The number of hydrogen-bond acceptors (Lipinski definition) is 4. The van der Waals surface area contributed by atoms with Crippen LogP contribution in [-0.2, 0) is 16.6 Å². The zero-order valence-electron chi connectivity index (χ0n) is 10.3. The first-order valence-corrected chi connectivity index (χ1v) is 5.46. The maximum atomic E-state index is 11.5. The highest BCUT2D eigenvalue weighted by Gasteiger charge is 2.20. The van der Waals surface area contributed by atoms with Gasteiger partial charge in [-0.2, -0.15) is 5.10 Å². The van der Waals surface area contributed by atoms with Crippen LogP contribution in [0.4, 0.5) is 10.6 Å². The number of carbonyl (C=O) groups excluding carboxylic acids is 2.